The van der Waals surface area contributed by atoms with Crippen molar-refractivity contribution in [2.24, 2.45) is 11.3 Å². The number of nitrogens with one attached hydrogen (secondary N) is 2. The highest BCUT2D eigenvalue weighted by Gasteiger charge is 2.48. The summed E-state index contributed by atoms with van der Waals surface area (Å²) in [6, 6.07) is 1.96. The third-order valence-electron chi connectivity index (χ3n) is 7.81. The van der Waals surface area contributed by atoms with Crippen LogP contribution in [0.2, 0.25) is 0 Å². The van der Waals surface area contributed by atoms with Gasteiger partial charge in [-0.15, -0.1) is 0 Å². The number of hydrogen-bond donors (Lipinski definition) is 3. The van der Waals surface area contributed by atoms with Gasteiger partial charge in [0.25, 0.3) is 5.91 Å². The van der Waals surface area contributed by atoms with Crippen molar-refractivity contribution in [1.82, 2.24) is 15.3 Å². The van der Waals surface area contributed by atoms with E-state index in [0.29, 0.717) is 19.3 Å². The molecule has 2 fully saturated rings. The number of H-pyrrole nitrogens is 1. The Hall–Kier alpha value is -2.69. The topological polar surface area (TPSA) is 111 Å². The predicted molar refractivity (Wildman–Crippen MR) is 123 cm³/mol. The van der Waals surface area contributed by atoms with Crippen LogP contribution >= 0.6 is 0 Å². The second kappa shape index (κ2) is 8.27. The van der Waals surface area contributed by atoms with Crippen LogP contribution in [0.15, 0.2) is 41.3 Å². The molecule has 0 spiro atoms. The number of aliphatic hydroxyl groups is 1. The number of imidazole rings is 1. The van der Waals surface area contributed by atoms with Gasteiger partial charge in [-0.3, -0.25) is 4.79 Å². The first-order valence-electron chi connectivity index (χ1n) is 12.0. The van der Waals surface area contributed by atoms with Crippen molar-refractivity contribution < 1.29 is 14.6 Å². The van der Waals surface area contributed by atoms with E-state index in [9.17, 15) is 9.90 Å². The third-order valence-corrected chi connectivity index (χ3v) is 7.81. The quantitative estimate of drug-likeness (QED) is 0.643. The Labute approximate surface area is 194 Å². The lowest BCUT2D eigenvalue weighted by atomic mass is 9.70. The number of rotatable bonds is 4. The summed E-state index contributed by atoms with van der Waals surface area (Å²) in [5, 5.41) is 23.7. The van der Waals surface area contributed by atoms with E-state index < -0.39 is 5.60 Å². The molecule has 2 aliphatic heterocycles. The fourth-order valence-corrected chi connectivity index (χ4v) is 5.78. The first-order chi connectivity index (χ1) is 15.7. The predicted octanol–water partition coefficient (Wildman–Crippen LogP) is 4.05. The van der Waals surface area contributed by atoms with Crippen LogP contribution < -0.4 is 5.32 Å². The third kappa shape index (κ3) is 4.42. The Balaban J connectivity index is 1.42. The van der Waals surface area contributed by atoms with Crippen molar-refractivity contribution in [3.05, 3.63) is 52.8 Å². The Morgan fingerprint density at radius 3 is 2.73 bits per heavy atom. The lowest BCUT2D eigenvalue weighted by Gasteiger charge is -2.43. The minimum absolute atomic E-state index is 0.00945. The molecule has 7 nitrogen and oxygen atoms in total. The van der Waals surface area contributed by atoms with Gasteiger partial charge in [-0.05, 0) is 61.2 Å². The van der Waals surface area contributed by atoms with Gasteiger partial charge in [0.1, 0.15) is 11.8 Å². The molecule has 1 aromatic heterocycles. The van der Waals surface area contributed by atoms with Crippen LogP contribution in [-0.4, -0.2) is 38.8 Å². The monoisotopic (exact) mass is 448 g/mol. The average molecular weight is 449 g/mol. The SMILES string of the molecule is CC1(C)CC=C(C2=C(NC(=O)c3ncc(C#N)[nH]3)C=CC(C3(O)CC4CCC(C3)O4)C2)CC1. The second-order valence-electron chi connectivity index (χ2n) is 10.8. The molecule has 3 atom stereocenters. The van der Waals surface area contributed by atoms with Gasteiger partial charge in [0, 0.05) is 24.5 Å². The molecule has 7 heteroatoms. The van der Waals surface area contributed by atoms with Gasteiger partial charge in [-0.1, -0.05) is 26.0 Å². The molecular formula is C26H32N4O3. The molecule has 3 unspecified atom stereocenters. The molecule has 3 heterocycles. The summed E-state index contributed by atoms with van der Waals surface area (Å²) >= 11 is 0. The molecule has 0 aromatic carbocycles. The van der Waals surface area contributed by atoms with Gasteiger partial charge in [0.05, 0.1) is 24.0 Å². The Kier molecular flexibility index (Phi) is 5.54. The van der Waals surface area contributed by atoms with Crippen LogP contribution in [0.25, 0.3) is 0 Å². The van der Waals surface area contributed by atoms with Crippen LogP contribution in [0, 0.1) is 22.7 Å². The van der Waals surface area contributed by atoms with Crippen LogP contribution in [0.1, 0.15) is 81.5 Å². The van der Waals surface area contributed by atoms with Crippen molar-refractivity contribution in [2.75, 3.05) is 0 Å². The molecule has 3 N–H and O–H groups in total. The van der Waals surface area contributed by atoms with Gasteiger partial charge in [0.15, 0.2) is 5.82 Å². The van der Waals surface area contributed by atoms with Crippen LogP contribution in [0.4, 0.5) is 0 Å². The van der Waals surface area contributed by atoms with Crippen molar-refractivity contribution >= 4 is 5.91 Å². The summed E-state index contributed by atoms with van der Waals surface area (Å²) in [5.74, 6) is -0.260. The molecule has 5 rings (SSSR count). The molecule has 0 radical (unpaired) electrons. The molecule has 4 aliphatic rings. The van der Waals surface area contributed by atoms with Gasteiger partial charge in [-0.25, -0.2) is 4.98 Å². The van der Waals surface area contributed by atoms with Crippen LogP contribution in [-0.2, 0) is 4.74 Å². The van der Waals surface area contributed by atoms with E-state index in [1.807, 2.05) is 12.1 Å². The zero-order valence-electron chi connectivity index (χ0n) is 19.4. The molecule has 2 aliphatic carbocycles. The van der Waals surface area contributed by atoms with Crippen LogP contribution in [0.5, 0.6) is 0 Å². The highest BCUT2D eigenvalue weighted by Crippen LogP contribution is 2.47. The molecular weight excluding hydrogens is 416 g/mol. The Morgan fingerprint density at radius 2 is 2.09 bits per heavy atom. The van der Waals surface area contributed by atoms with Crippen molar-refractivity contribution in [3.63, 3.8) is 0 Å². The van der Waals surface area contributed by atoms with Gasteiger partial charge >= 0.3 is 0 Å². The zero-order valence-corrected chi connectivity index (χ0v) is 19.4. The smallest absolute Gasteiger partial charge is 0.291 e. The van der Waals surface area contributed by atoms with E-state index in [4.69, 9.17) is 10.00 Å². The van der Waals surface area contributed by atoms with E-state index in [-0.39, 0.29) is 41.0 Å². The fourth-order valence-electron chi connectivity index (χ4n) is 5.78. The highest BCUT2D eigenvalue weighted by atomic mass is 16.5. The van der Waals surface area contributed by atoms with Crippen molar-refractivity contribution in [3.8, 4) is 6.07 Å². The van der Waals surface area contributed by atoms with Gasteiger partial charge < -0.3 is 20.1 Å². The maximum Gasteiger partial charge on any atom is 0.291 e. The molecule has 2 bridgehead atoms. The van der Waals surface area contributed by atoms with Crippen molar-refractivity contribution in [2.45, 2.75) is 83.0 Å². The maximum absolute atomic E-state index is 12.8. The fraction of sp³-hybridized carbons (Fsp3) is 0.577. The minimum Gasteiger partial charge on any atom is -0.389 e. The number of fused-ring (bicyclic) bond motifs is 2. The molecule has 1 aromatic rings. The number of amides is 1. The summed E-state index contributed by atoms with van der Waals surface area (Å²) in [5.41, 5.74) is 2.87. The first-order valence-corrected chi connectivity index (χ1v) is 12.0. The molecule has 174 valence electrons. The zero-order chi connectivity index (χ0) is 23.2. The van der Waals surface area contributed by atoms with E-state index in [1.54, 1.807) is 0 Å². The number of aromatic amines is 1. The Morgan fingerprint density at radius 1 is 1.33 bits per heavy atom. The van der Waals surface area contributed by atoms with Crippen LogP contribution in [0.3, 0.4) is 0 Å². The first kappa shape index (κ1) is 22.1. The number of hydrogen-bond acceptors (Lipinski definition) is 5. The van der Waals surface area contributed by atoms with Gasteiger partial charge in [0.2, 0.25) is 0 Å². The molecule has 33 heavy (non-hydrogen) atoms. The maximum atomic E-state index is 12.8. The number of nitrogens with zero attached hydrogens (tertiary/aromatic N) is 2. The highest BCUT2D eigenvalue weighted by molar-refractivity contribution is 5.92. The molecule has 0 saturated carbocycles. The normalized spacial score (nSPS) is 32.9. The number of carbonyl (C=O) groups excluding carboxylic acids is 1. The number of carbonyl (C=O) groups is 1. The molecule has 2 saturated heterocycles. The van der Waals surface area contributed by atoms with E-state index in [1.165, 1.54) is 11.8 Å². The Bertz CT molecular complexity index is 1080. The largest absolute Gasteiger partial charge is 0.389 e. The summed E-state index contributed by atoms with van der Waals surface area (Å²) < 4.78 is 5.99. The van der Waals surface area contributed by atoms with Gasteiger partial charge in [-0.2, -0.15) is 5.26 Å². The number of allylic oxidation sites excluding steroid dienone is 4. The summed E-state index contributed by atoms with van der Waals surface area (Å²) in [4.78, 5) is 19.6. The summed E-state index contributed by atoms with van der Waals surface area (Å²) in [6.45, 7) is 4.57. The van der Waals surface area contributed by atoms with E-state index in [0.717, 1.165) is 43.4 Å². The average Bonchev–Trinajstić information content (AvgIpc) is 3.40. The number of nitriles is 1. The lowest BCUT2D eigenvalue weighted by molar-refractivity contribution is -0.129. The molecule has 1 amide bonds. The van der Waals surface area contributed by atoms with Crippen molar-refractivity contribution in [1.29, 1.82) is 5.26 Å². The number of ether oxygens (including phenoxy) is 1. The second-order valence-corrected chi connectivity index (χ2v) is 10.8. The van der Waals surface area contributed by atoms with E-state index in [2.05, 4.69) is 41.3 Å². The minimum atomic E-state index is -0.779. The summed E-state index contributed by atoms with van der Waals surface area (Å²) in [7, 11) is 0. The number of aromatic nitrogens is 2. The lowest BCUT2D eigenvalue weighted by Crippen LogP contribution is -2.47. The summed E-state index contributed by atoms with van der Waals surface area (Å²) in [6.07, 6.45) is 15.1. The standard InChI is InChI=1S/C26H32N4O3/c1-25(2)9-7-16(8-10-25)21-11-17(26(32)12-19-4-5-20(13-26)33-19)3-6-22(21)30-24(31)23-28-15-18(14-27)29-23/h3,6-7,15,17,19-20,32H,4-5,8-13H2,1-2H3,(H,28,29)(H,30,31). The van der Waals surface area contributed by atoms with E-state index >= 15 is 0 Å².